The fraction of sp³-hybridized carbons (Fsp3) is 0.133. The van der Waals surface area contributed by atoms with Crippen LogP contribution in [-0.2, 0) is 0 Å². The summed E-state index contributed by atoms with van der Waals surface area (Å²) in [4.78, 5) is 4.42. The first-order valence-corrected chi connectivity index (χ1v) is 7.07. The molecule has 2 aromatic carbocycles. The SMILES string of the molecule is CC(Cl)c1nc2c(Cl)cccc2n1-c1ccc(F)c(F)c1. The Morgan fingerprint density at radius 3 is 2.57 bits per heavy atom. The van der Waals surface area contributed by atoms with Gasteiger partial charge in [0.05, 0.1) is 21.6 Å². The van der Waals surface area contributed by atoms with Crippen molar-refractivity contribution in [1.82, 2.24) is 9.55 Å². The molecule has 0 fully saturated rings. The summed E-state index contributed by atoms with van der Waals surface area (Å²) >= 11 is 12.3. The molecule has 1 heterocycles. The van der Waals surface area contributed by atoms with E-state index in [-0.39, 0.29) is 0 Å². The van der Waals surface area contributed by atoms with E-state index >= 15 is 0 Å². The summed E-state index contributed by atoms with van der Waals surface area (Å²) in [5.41, 5.74) is 1.71. The van der Waals surface area contributed by atoms with Crippen molar-refractivity contribution in [2.75, 3.05) is 0 Å². The van der Waals surface area contributed by atoms with E-state index in [0.717, 1.165) is 12.1 Å². The van der Waals surface area contributed by atoms with E-state index in [1.807, 2.05) is 0 Å². The molecule has 21 heavy (non-hydrogen) atoms. The van der Waals surface area contributed by atoms with E-state index < -0.39 is 17.0 Å². The molecule has 0 amide bonds. The van der Waals surface area contributed by atoms with Crippen molar-refractivity contribution in [3.05, 3.63) is 58.9 Å². The van der Waals surface area contributed by atoms with Gasteiger partial charge in [0.2, 0.25) is 0 Å². The average molecular weight is 327 g/mol. The van der Waals surface area contributed by atoms with E-state index in [0.29, 0.717) is 27.6 Å². The largest absolute Gasteiger partial charge is 0.295 e. The molecule has 1 unspecified atom stereocenters. The molecule has 2 nitrogen and oxygen atoms in total. The van der Waals surface area contributed by atoms with Crippen molar-refractivity contribution >= 4 is 34.2 Å². The van der Waals surface area contributed by atoms with Crippen molar-refractivity contribution in [3.8, 4) is 5.69 Å². The minimum atomic E-state index is -0.926. The van der Waals surface area contributed by atoms with Crippen LogP contribution in [0.4, 0.5) is 8.78 Å². The Morgan fingerprint density at radius 1 is 1.14 bits per heavy atom. The monoisotopic (exact) mass is 326 g/mol. The van der Waals surface area contributed by atoms with Crippen LogP contribution < -0.4 is 0 Å². The minimum absolute atomic E-state index is 0.415. The number of benzene rings is 2. The fourth-order valence-electron chi connectivity index (χ4n) is 2.25. The Morgan fingerprint density at radius 2 is 1.90 bits per heavy atom. The number of para-hydroxylation sites is 1. The summed E-state index contributed by atoms with van der Waals surface area (Å²) in [6.07, 6.45) is 0. The molecule has 1 atom stereocenters. The lowest BCUT2D eigenvalue weighted by Crippen LogP contribution is -2.02. The summed E-state index contributed by atoms with van der Waals surface area (Å²) in [5, 5.41) is 0.0639. The molecule has 6 heteroatoms. The van der Waals surface area contributed by atoms with Gasteiger partial charge in [0.1, 0.15) is 11.3 Å². The molecular formula is C15H10Cl2F2N2. The van der Waals surface area contributed by atoms with Crippen molar-refractivity contribution in [2.24, 2.45) is 0 Å². The number of rotatable bonds is 2. The molecule has 0 saturated heterocycles. The highest BCUT2D eigenvalue weighted by atomic mass is 35.5. The topological polar surface area (TPSA) is 17.8 Å². The zero-order valence-electron chi connectivity index (χ0n) is 10.9. The predicted molar refractivity (Wildman–Crippen MR) is 80.3 cm³/mol. The molecule has 0 aliphatic rings. The average Bonchev–Trinajstić information content (AvgIpc) is 2.83. The van der Waals surface area contributed by atoms with Gasteiger partial charge < -0.3 is 0 Å². The lowest BCUT2D eigenvalue weighted by atomic mass is 10.2. The van der Waals surface area contributed by atoms with Gasteiger partial charge in [0.15, 0.2) is 11.6 Å². The van der Waals surface area contributed by atoms with E-state index in [4.69, 9.17) is 23.2 Å². The van der Waals surface area contributed by atoms with Crippen molar-refractivity contribution < 1.29 is 8.78 Å². The summed E-state index contributed by atoms with van der Waals surface area (Å²) in [5.74, 6) is -1.31. The van der Waals surface area contributed by atoms with Crippen LogP contribution >= 0.6 is 23.2 Å². The zero-order chi connectivity index (χ0) is 15.1. The summed E-state index contributed by atoms with van der Waals surface area (Å²) in [6, 6.07) is 8.95. The molecule has 0 aliphatic heterocycles. The molecule has 3 rings (SSSR count). The van der Waals surface area contributed by atoms with Crippen LogP contribution in [0, 0.1) is 11.6 Å². The second-order valence-corrected chi connectivity index (χ2v) is 5.69. The highest BCUT2D eigenvalue weighted by molar-refractivity contribution is 6.35. The van der Waals surface area contributed by atoms with Crippen LogP contribution in [0.1, 0.15) is 18.1 Å². The molecule has 0 N–H and O–H groups in total. The van der Waals surface area contributed by atoms with Crippen LogP contribution in [0.2, 0.25) is 5.02 Å². The zero-order valence-corrected chi connectivity index (χ0v) is 12.5. The van der Waals surface area contributed by atoms with Crippen LogP contribution in [0.25, 0.3) is 16.7 Å². The fourth-order valence-corrected chi connectivity index (χ4v) is 2.60. The van der Waals surface area contributed by atoms with E-state index in [1.165, 1.54) is 6.07 Å². The third-order valence-corrected chi connectivity index (χ3v) is 3.68. The molecule has 1 aromatic heterocycles. The number of hydrogen-bond donors (Lipinski definition) is 0. The van der Waals surface area contributed by atoms with Gasteiger partial charge in [-0.3, -0.25) is 4.57 Å². The highest BCUT2D eigenvalue weighted by Crippen LogP contribution is 2.31. The van der Waals surface area contributed by atoms with Gasteiger partial charge in [-0.25, -0.2) is 13.8 Å². The molecule has 108 valence electrons. The normalized spacial score (nSPS) is 12.8. The van der Waals surface area contributed by atoms with E-state index in [1.54, 1.807) is 29.7 Å². The predicted octanol–water partition coefficient (Wildman–Crippen LogP) is 5.26. The lowest BCUT2D eigenvalue weighted by Gasteiger charge is -2.11. The summed E-state index contributed by atoms with van der Waals surface area (Å²) < 4.78 is 28.3. The molecule has 3 aromatic rings. The Hall–Kier alpha value is -1.65. The van der Waals surface area contributed by atoms with Gasteiger partial charge in [-0.1, -0.05) is 17.7 Å². The third-order valence-electron chi connectivity index (χ3n) is 3.18. The van der Waals surface area contributed by atoms with Crippen LogP contribution in [-0.4, -0.2) is 9.55 Å². The van der Waals surface area contributed by atoms with Gasteiger partial charge in [-0.05, 0) is 31.2 Å². The Kier molecular flexibility index (Phi) is 3.59. The smallest absolute Gasteiger partial charge is 0.160 e. The van der Waals surface area contributed by atoms with Crippen molar-refractivity contribution in [3.63, 3.8) is 0 Å². The second-order valence-electron chi connectivity index (χ2n) is 4.63. The minimum Gasteiger partial charge on any atom is -0.295 e. The van der Waals surface area contributed by atoms with Crippen molar-refractivity contribution in [1.29, 1.82) is 0 Å². The number of imidazole rings is 1. The third kappa shape index (κ3) is 2.39. The second kappa shape index (κ2) is 5.28. The van der Waals surface area contributed by atoms with Crippen LogP contribution in [0.3, 0.4) is 0 Å². The number of alkyl halides is 1. The van der Waals surface area contributed by atoms with Gasteiger partial charge in [-0.2, -0.15) is 0 Å². The number of hydrogen-bond acceptors (Lipinski definition) is 1. The maximum atomic E-state index is 13.5. The van der Waals surface area contributed by atoms with Crippen LogP contribution in [0.5, 0.6) is 0 Å². The molecular weight excluding hydrogens is 317 g/mol. The maximum absolute atomic E-state index is 13.5. The maximum Gasteiger partial charge on any atom is 0.160 e. The Balaban J connectivity index is 2.36. The number of fused-ring (bicyclic) bond motifs is 1. The van der Waals surface area contributed by atoms with Crippen LogP contribution in [0.15, 0.2) is 36.4 Å². The number of halogens is 4. The van der Waals surface area contributed by atoms with Gasteiger partial charge >= 0.3 is 0 Å². The highest BCUT2D eigenvalue weighted by Gasteiger charge is 2.18. The van der Waals surface area contributed by atoms with Gasteiger partial charge in [-0.15, -0.1) is 11.6 Å². The van der Waals surface area contributed by atoms with Gasteiger partial charge in [0.25, 0.3) is 0 Å². The first-order chi connectivity index (χ1) is 9.99. The molecule has 0 aliphatic carbocycles. The van der Waals surface area contributed by atoms with E-state index in [9.17, 15) is 8.78 Å². The number of nitrogens with zero attached hydrogens (tertiary/aromatic N) is 2. The summed E-state index contributed by atoms with van der Waals surface area (Å²) in [6.45, 7) is 1.76. The first kappa shape index (κ1) is 14.3. The Bertz CT molecular complexity index is 828. The van der Waals surface area contributed by atoms with Gasteiger partial charge in [0, 0.05) is 6.07 Å². The summed E-state index contributed by atoms with van der Waals surface area (Å²) in [7, 11) is 0. The number of aromatic nitrogens is 2. The molecule has 0 saturated carbocycles. The molecule has 0 bridgehead atoms. The first-order valence-electron chi connectivity index (χ1n) is 6.25. The standard InChI is InChI=1S/C15H10Cl2F2N2/c1-8(16)15-20-14-10(17)3-2-4-13(14)21(15)9-5-6-11(18)12(19)7-9/h2-8H,1H3. The molecule has 0 spiro atoms. The lowest BCUT2D eigenvalue weighted by molar-refractivity contribution is 0.508. The van der Waals surface area contributed by atoms with E-state index in [2.05, 4.69) is 4.98 Å². The van der Waals surface area contributed by atoms with Crippen molar-refractivity contribution in [2.45, 2.75) is 12.3 Å². The Labute approximate surface area is 129 Å². The molecule has 0 radical (unpaired) electrons. The quantitative estimate of drug-likeness (QED) is 0.587.